The third-order valence-electron chi connectivity index (χ3n) is 5.15. The molecule has 0 bridgehead atoms. The van der Waals surface area contributed by atoms with E-state index in [-0.39, 0.29) is 11.7 Å². The molecule has 0 amide bonds. The maximum atomic E-state index is 13.5. The molecule has 3 aromatic rings. The van der Waals surface area contributed by atoms with Crippen LogP contribution in [0.1, 0.15) is 44.1 Å². The number of rotatable bonds is 3. The smallest absolute Gasteiger partial charge is 0.204 e. The van der Waals surface area contributed by atoms with Crippen LogP contribution in [0, 0.1) is 20.8 Å². The number of ketones is 1. The molecule has 1 aliphatic heterocycles. The van der Waals surface area contributed by atoms with Crippen LogP contribution in [0.3, 0.4) is 0 Å². The zero-order valence-corrected chi connectivity index (χ0v) is 15.3. The fourth-order valence-electron chi connectivity index (χ4n) is 4.14. The van der Waals surface area contributed by atoms with Gasteiger partial charge in [-0.2, -0.15) is 0 Å². The minimum absolute atomic E-state index is 0.0602. The van der Waals surface area contributed by atoms with E-state index in [1.54, 1.807) is 0 Å². The van der Waals surface area contributed by atoms with Crippen LogP contribution in [-0.4, -0.2) is 11.9 Å². The van der Waals surface area contributed by atoms with Gasteiger partial charge in [0.2, 0.25) is 5.78 Å². The third kappa shape index (κ3) is 2.72. The van der Waals surface area contributed by atoms with Gasteiger partial charge in [0.25, 0.3) is 0 Å². The maximum absolute atomic E-state index is 13.5. The lowest BCUT2D eigenvalue weighted by Crippen LogP contribution is -2.31. The molecule has 2 heteroatoms. The lowest BCUT2D eigenvalue weighted by Gasteiger charge is -2.21. The molecule has 2 nitrogen and oxygen atoms in total. The van der Waals surface area contributed by atoms with Gasteiger partial charge < -0.3 is 4.74 Å². The summed E-state index contributed by atoms with van der Waals surface area (Å²) in [5.41, 5.74) is 6.18. The summed E-state index contributed by atoms with van der Waals surface area (Å²) in [6.07, 6.45) is -0.532. The molecular formula is C24H22O2. The van der Waals surface area contributed by atoms with Crippen molar-refractivity contribution >= 4 is 5.78 Å². The normalized spacial score (nSPS) is 18.3. The summed E-state index contributed by atoms with van der Waals surface area (Å²) in [5, 5.41) is 0. The number of carbonyl (C=O) groups excluding carboxylic acids is 1. The van der Waals surface area contributed by atoms with Crippen LogP contribution < -0.4 is 4.74 Å². The highest BCUT2D eigenvalue weighted by molar-refractivity contribution is 6.03. The highest BCUT2D eigenvalue weighted by atomic mass is 16.5. The van der Waals surface area contributed by atoms with Gasteiger partial charge in [0, 0.05) is 11.1 Å². The van der Waals surface area contributed by atoms with Crippen LogP contribution in [0.15, 0.2) is 66.7 Å². The van der Waals surface area contributed by atoms with Gasteiger partial charge in [-0.3, -0.25) is 4.79 Å². The quantitative estimate of drug-likeness (QED) is 0.597. The van der Waals surface area contributed by atoms with Gasteiger partial charge >= 0.3 is 0 Å². The summed E-state index contributed by atoms with van der Waals surface area (Å²) in [7, 11) is 0. The van der Waals surface area contributed by atoms with Gasteiger partial charge in [-0.1, -0.05) is 66.2 Å². The molecule has 26 heavy (non-hydrogen) atoms. The molecule has 0 saturated heterocycles. The van der Waals surface area contributed by atoms with E-state index in [4.69, 9.17) is 4.74 Å². The van der Waals surface area contributed by atoms with Gasteiger partial charge in [-0.25, -0.2) is 0 Å². The molecule has 3 aromatic carbocycles. The predicted molar refractivity (Wildman–Crippen MR) is 104 cm³/mol. The average molecular weight is 342 g/mol. The number of para-hydroxylation sites is 1. The second-order valence-electron chi connectivity index (χ2n) is 7.10. The van der Waals surface area contributed by atoms with Crippen LogP contribution in [-0.2, 0) is 0 Å². The Balaban J connectivity index is 1.82. The van der Waals surface area contributed by atoms with Crippen LogP contribution in [0.2, 0.25) is 0 Å². The van der Waals surface area contributed by atoms with E-state index in [0.717, 1.165) is 33.6 Å². The number of hydrogen-bond donors (Lipinski definition) is 0. The fraction of sp³-hybridized carbons (Fsp3) is 0.208. The first-order chi connectivity index (χ1) is 12.6. The van der Waals surface area contributed by atoms with E-state index in [1.165, 1.54) is 5.56 Å². The Morgan fingerprint density at radius 3 is 2.15 bits per heavy atom. The van der Waals surface area contributed by atoms with Crippen molar-refractivity contribution < 1.29 is 9.53 Å². The Kier molecular flexibility index (Phi) is 4.12. The summed E-state index contributed by atoms with van der Waals surface area (Å²) in [6.45, 7) is 6.07. The van der Waals surface area contributed by atoms with Crippen molar-refractivity contribution in [3.05, 3.63) is 100 Å². The van der Waals surface area contributed by atoms with Crippen molar-refractivity contribution in [2.45, 2.75) is 32.8 Å². The molecule has 1 heterocycles. The standard InChI is InChI=1S/C24H22O2/c1-15-13-16(2)21(17(3)14-15)23(25)24-22(18-9-5-4-6-10-18)19-11-7-8-12-20(19)26-24/h4-14,22,24H,1-3H3. The molecule has 4 rings (SSSR count). The van der Waals surface area contributed by atoms with Crippen LogP contribution in [0.4, 0.5) is 0 Å². The molecule has 2 unspecified atom stereocenters. The summed E-state index contributed by atoms with van der Waals surface area (Å²) in [4.78, 5) is 13.5. The van der Waals surface area contributed by atoms with Gasteiger partial charge in [-0.15, -0.1) is 0 Å². The van der Waals surface area contributed by atoms with E-state index in [1.807, 2.05) is 50.2 Å². The third-order valence-corrected chi connectivity index (χ3v) is 5.15. The topological polar surface area (TPSA) is 26.3 Å². The minimum Gasteiger partial charge on any atom is -0.481 e. The first-order valence-electron chi connectivity index (χ1n) is 8.99. The average Bonchev–Trinajstić information content (AvgIpc) is 3.01. The van der Waals surface area contributed by atoms with Gasteiger partial charge in [-0.05, 0) is 43.5 Å². The zero-order valence-electron chi connectivity index (χ0n) is 15.3. The van der Waals surface area contributed by atoms with Crippen molar-refractivity contribution in [2.24, 2.45) is 0 Å². The van der Waals surface area contributed by atoms with E-state index in [9.17, 15) is 4.79 Å². The molecule has 0 spiro atoms. The maximum Gasteiger partial charge on any atom is 0.204 e. The molecule has 0 aromatic heterocycles. The summed E-state index contributed by atoms with van der Waals surface area (Å²) < 4.78 is 6.18. The molecular weight excluding hydrogens is 320 g/mol. The van der Waals surface area contributed by atoms with E-state index in [2.05, 4.69) is 37.3 Å². The predicted octanol–water partition coefficient (Wildman–Crippen LogP) is 5.39. The summed E-state index contributed by atoms with van der Waals surface area (Å²) in [5.74, 6) is 0.784. The minimum atomic E-state index is -0.532. The SMILES string of the molecule is Cc1cc(C)c(C(=O)C2Oc3ccccc3C2c2ccccc2)c(C)c1. The zero-order chi connectivity index (χ0) is 18.3. The Labute approximate surface area is 154 Å². The molecule has 0 N–H and O–H groups in total. The van der Waals surface area contributed by atoms with E-state index >= 15 is 0 Å². The number of ether oxygens (including phenoxy) is 1. The van der Waals surface area contributed by atoms with E-state index in [0.29, 0.717) is 0 Å². The highest BCUT2D eigenvalue weighted by Gasteiger charge is 2.41. The molecule has 1 aliphatic rings. The highest BCUT2D eigenvalue weighted by Crippen LogP contribution is 2.43. The summed E-state index contributed by atoms with van der Waals surface area (Å²) in [6, 6.07) is 22.3. The fourth-order valence-corrected chi connectivity index (χ4v) is 4.14. The number of benzene rings is 3. The van der Waals surface area contributed by atoms with Gasteiger partial charge in [0.1, 0.15) is 5.75 Å². The Hall–Kier alpha value is -2.87. The number of fused-ring (bicyclic) bond motifs is 1. The van der Waals surface area contributed by atoms with Crippen molar-refractivity contribution in [3.63, 3.8) is 0 Å². The number of hydrogen-bond acceptors (Lipinski definition) is 2. The number of aryl methyl sites for hydroxylation is 3. The van der Waals surface area contributed by atoms with E-state index < -0.39 is 6.10 Å². The lowest BCUT2D eigenvalue weighted by molar-refractivity contribution is 0.0805. The molecule has 130 valence electrons. The van der Waals surface area contributed by atoms with Gasteiger partial charge in [0.05, 0.1) is 5.92 Å². The second-order valence-corrected chi connectivity index (χ2v) is 7.10. The number of carbonyl (C=O) groups is 1. The van der Waals surface area contributed by atoms with Crippen molar-refractivity contribution in [1.29, 1.82) is 0 Å². The molecule has 0 fully saturated rings. The molecule has 0 saturated carbocycles. The number of Topliss-reactive ketones (excluding diaryl/α,β-unsaturated/α-hetero) is 1. The van der Waals surface area contributed by atoms with Crippen LogP contribution >= 0.6 is 0 Å². The Bertz CT molecular complexity index is 950. The largest absolute Gasteiger partial charge is 0.481 e. The molecule has 0 radical (unpaired) electrons. The van der Waals surface area contributed by atoms with Crippen molar-refractivity contribution in [2.75, 3.05) is 0 Å². The summed E-state index contributed by atoms with van der Waals surface area (Å²) >= 11 is 0. The van der Waals surface area contributed by atoms with Crippen LogP contribution in [0.5, 0.6) is 5.75 Å². The van der Waals surface area contributed by atoms with Crippen molar-refractivity contribution in [1.82, 2.24) is 0 Å². The lowest BCUT2D eigenvalue weighted by atomic mass is 9.83. The first kappa shape index (κ1) is 16.6. The van der Waals surface area contributed by atoms with Crippen molar-refractivity contribution in [3.8, 4) is 5.75 Å². The Morgan fingerprint density at radius 2 is 1.46 bits per heavy atom. The molecule has 2 atom stereocenters. The second kappa shape index (κ2) is 6.45. The Morgan fingerprint density at radius 1 is 0.846 bits per heavy atom. The van der Waals surface area contributed by atoms with Gasteiger partial charge in [0.15, 0.2) is 6.10 Å². The van der Waals surface area contributed by atoms with Crippen LogP contribution in [0.25, 0.3) is 0 Å². The molecule has 0 aliphatic carbocycles. The first-order valence-corrected chi connectivity index (χ1v) is 8.99. The monoisotopic (exact) mass is 342 g/mol.